The number of amides is 2. The van der Waals surface area contributed by atoms with Gasteiger partial charge in [0.2, 0.25) is 11.8 Å². The van der Waals surface area contributed by atoms with Gasteiger partial charge in [0.05, 0.1) is 0 Å². The Kier molecular flexibility index (Phi) is 6.09. The van der Waals surface area contributed by atoms with Crippen molar-refractivity contribution in [2.45, 2.75) is 76.3 Å². The van der Waals surface area contributed by atoms with Crippen LogP contribution in [0.2, 0.25) is 0 Å². The molecule has 0 aromatic heterocycles. The minimum atomic E-state index is -0.143. The van der Waals surface area contributed by atoms with Gasteiger partial charge in [-0.1, -0.05) is 38.5 Å². The van der Waals surface area contributed by atoms with Crippen LogP contribution in [0.5, 0.6) is 0 Å². The molecule has 0 heterocycles. The Bertz CT molecular complexity index is 319. The van der Waals surface area contributed by atoms with E-state index in [1.54, 1.807) is 0 Å². The largest absolute Gasteiger partial charge is 0.350 e. The third kappa shape index (κ3) is 5.35. The highest BCUT2D eigenvalue weighted by molar-refractivity contribution is 5.96. The topological polar surface area (TPSA) is 58.2 Å². The Labute approximate surface area is 121 Å². The van der Waals surface area contributed by atoms with Crippen LogP contribution < -0.4 is 10.6 Å². The van der Waals surface area contributed by atoms with E-state index in [0.717, 1.165) is 25.7 Å². The van der Waals surface area contributed by atoms with Gasteiger partial charge in [-0.2, -0.15) is 0 Å². The lowest BCUT2D eigenvalue weighted by Crippen LogP contribution is -2.36. The zero-order valence-corrected chi connectivity index (χ0v) is 12.2. The quantitative estimate of drug-likeness (QED) is 0.776. The molecule has 112 valence electrons. The average molecular weight is 278 g/mol. The summed E-state index contributed by atoms with van der Waals surface area (Å²) in [5.41, 5.74) is 0. The van der Waals surface area contributed by atoms with Crippen molar-refractivity contribution in [3.63, 3.8) is 0 Å². The molecule has 0 unspecified atom stereocenters. The van der Waals surface area contributed by atoms with E-state index in [9.17, 15) is 9.59 Å². The average Bonchev–Trinajstić information content (AvgIpc) is 2.47. The lowest BCUT2D eigenvalue weighted by molar-refractivity contribution is -0.119. The maximum atomic E-state index is 11.7. The van der Waals surface area contributed by atoms with Crippen molar-refractivity contribution in [1.29, 1.82) is 0 Å². The summed E-state index contributed by atoms with van der Waals surface area (Å²) in [7, 11) is 0. The molecule has 0 spiro atoms. The van der Waals surface area contributed by atoms with Crippen LogP contribution in [0, 0.1) is 0 Å². The monoisotopic (exact) mass is 278 g/mol. The molecule has 2 rings (SSSR count). The van der Waals surface area contributed by atoms with Gasteiger partial charge in [-0.15, -0.1) is 0 Å². The molecule has 2 fully saturated rings. The SMILES string of the molecule is O=C(/C=C/C(=O)NC1CCCCC1)NC1CCCCC1. The second-order valence-corrected chi connectivity index (χ2v) is 6.02. The predicted octanol–water partition coefficient (Wildman–Crippen LogP) is 2.44. The third-order valence-corrected chi connectivity index (χ3v) is 4.29. The molecule has 2 saturated carbocycles. The summed E-state index contributed by atoms with van der Waals surface area (Å²) in [5.74, 6) is -0.286. The second-order valence-electron chi connectivity index (χ2n) is 6.02. The van der Waals surface area contributed by atoms with E-state index in [-0.39, 0.29) is 11.8 Å². The zero-order chi connectivity index (χ0) is 14.2. The summed E-state index contributed by atoms with van der Waals surface area (Å²) in [6.45, 7) is 0. The maximum Gasteiger partial charge on any atom is 0.244 e. The number of hydrogen-bond donors (Lipinski definition) is 2. The summed E-state index contributed by atoms with van der Waals surface area (Å²) < 4.78 is 0. The molecule has 2 amide bonds. The Balaban J connectivity index is 1.67. The molecule has 20 heavy (non-hydrogen) atoms. The van der Waals surface area contributed by atoms with Gasteiger partial charge < -0.3 is 10.6 Å². The fourth-order valence-corrected chi connectivity index (χ4v) is 3.14. The highest BCUT2D eigenvalue weighted by Crippen LogP contribution is 2.18. The van der Waals surface area contributed by atoms with Gasteiger partial charge in [0.25, 0.3) is 0 Å². The molecule has 2 N–H and O–H groups in total. The highest BCUT2D eigenvalue weighted by Gasteiger charge is 2.16. The van der Waals surface area contributed by atoms with Crippen molar-refractivity contribution in [2.24, 2.45) is 0 Å². The minimum Gasteiger partial charge on any atom is -0.350 e. The summed E-state index contributed by atoms with van der Waals surface area (Å²) in [5, 5.41) is 5.94. The molecule has 4 heteroatoms. The summed E-state index contributed by atoms with van der Waals surface area (Å²) >= 11 is 0. The molecular weight excluding hydrogens is 252 g/mol. The molecule has 0 aromatic rings. The standard InChI is InChI=1S/C16H26N2O2/c19-15(17-13-7-3-1-4-8-13)11-12-16(20)18-14-9-5-2-6-10-14/h11-14H,1-10H2,(H,17,19)(H,18,20)/b12-11+. The second kappa shape index (κ2) is 8.08. The Morgan fingerprint density at radius 2 is 1.00 bits per heavy atom. The van der Waals surface area contributed by atoms with Crippen LogP contribution in [0.3, 0.4) is 0 Å². The molecule has 0 aliphatic heterocycles. The maximum absolute atomic E-state index is 11.7. The van der Waals surface area contributed by atoms with Crippen LogP contribution in [-0.4, -0.2) is 23.9 Å². The van der Waals surface area contributed by atoms with Gasteiger partial charge in [-0.05, 0) is 25.7 Å². The summed E-state index contributed by atoms with van der Waals surface area (Å²) in [6.07, 6.45) is 14.3. The van der Waals surface area contributed by atoms with Crippen LogP contribution in [0.4, 0.5) is 0 Å². The van der Waals surface area contributed by atoms with Crippen LogP contribution >= 0.6 is 0 Å². The third-order valence-electron chi connectivity index (χ3n) is 4.29. The molecule has 0 bridgehead atoms. The van der Waals surface area contributed by atoms with E-state index in [2.05, 4.69) is 10.6 Å². The smallest absolute Gasteiger partial charge is 0.244 e. The number of carbonyl (C=O) groups is 2. The fraction of sp³-hybridized carbons (Fsp3) is 0.750. The van der Waals surface area contributed by atoms with Crippen molar-refractivity contribution < 1.29 is 9.59 Å². The Hall–Kier alpha value is -1.32. The van der Waals surface area contributed by atoms with Crippen LogP contribution in [0.15, 0.2) is 12.2 Å². The summed E-state index contributed by atoms with van der Waals surface area (Å²) in [6, 6.07) is 0.588. The number of carbonyl (C=O) groups excluding carboxylic acids is 2. The van der Waals surface area contributed by atoms with E-state index < -0.39 is 0 Å². The van der Waals surface area contributed by atoms with E-state index in [4.69, 9.17) is 0 Å². The van der Waals surface area contributed by atoms with Gasteiger partial charge >= 0.3 is 0 Å². The summed E-state index contributed by atoms with van der Waals surface area (Å²) in [4.78, 5) is 23.5. The first kappa shape index (κ1) is 15.1. The van der Waals surface area contributed by atoms with Gasteiger partial charge in [0.1, 0.15) is 0 Å². The van der Waals surface area contributed by atoms with Crippen molar-refractivity contribution in [3.05, 3.63) is 12.2 Å². The zero-order valence-electron chi connectivity index (χ0n) is 12.2. The molecule has 2 aliphatic carbocycles. The normalized spacial score (nSPS) is 21.8. The molecule has 2 aliphatic rings. The van der Waals surface area contributed by atoms with Crippen molar-refractivity contribution in [1.82, 2.24) is 10.6 Å². The first-order valence-corrected chi connectivity index (χ1v) is 8.03. The number of rotatable bonds is 4. The van der Waals surface area contributed by atoms with Gasteiger partial charge in [0, 0.05) is 24.2 Å². The highest BCUT2D eigenvalue weighted by atomic mass is 16.2. The van der Waals surface area contributed by atoms with Gasteiger partial charge in [-0.3, -0.25) is 9.59 Å². The molecule has 0 atom stereocenters. The Morgan fingerprint density at radius 3 is 1.35 bits per heavy atom. The number of hydrogen-bond acceptors (Lipinski definition) is 2. The lowest BCUT2D eigenvalue weighted by atomic mass is 9.95. The van der Waals surface area contributed by atoms with Crippen LogP contribution in [0.1, 0.15) is 64.2 Å². The van der Waals surface area contributed by atoms with Crippen molar-refractivity contribution in [3.8, 4) is 0 Å². The molecule has 0 saturated heterocycles. The van der Waals surface area contributed by atoms with Gasteiger partial charge in [0.15, 0.2) is 0 Å². The minimum absolute atomic E-state index is 0.143. The van der Waals surface area contributed by atoms with Crippen molar-refractivity contribution in [2.75, 3.05) is 0 Å². The lowest BCUT2D eigenvalue weighted by Gasteiger charge is -2.22. The fourth-order valence-electron chi connectivity index (χ4n) is 3.14. The predicted molar refractivity (Wildman–Crippen MR) is 79.2 cm³/mol. The molecular formula is C16H26N2O2. The Morgan fingerprint density at radius 1 is 0.650 bits per heavy atom. The number of nitrogens with one attached hydrogen (secondary N) is 2. The van der Waals surface area contributed by atoms with Gasteiger partial charge in [-0.25, -0.2) is 0 Å². The van der Waals surface area contributed by atoms with Crippen LogP contribution in [-0.2, 0) is 9.59 Å². The van der Waals surface area contributed by atoms with Crippen LogP contribution in [0.25, 0.3) is 0 Å². The van der Waals surface area contributed by atoms with E-state index in [0.29, 0.717) is 12.1 Å². The van der Waals surface area contributed by atoms with E-state index in [1.807, 2.05) is 0 Å². The molecule has 0 aromatic carbocycles. The van der Waals surface area contributed by atoms with E-state index >= 15 is 0 Å². The first-order chi connectivity index (χ1) is 9.74. The molecule has 4 nitrogen and oxygen atoms in total. The van der Waals surface area contributed by atoms with E-state index in [1.165, 1.54) is 50.7 Å². The molecule has 0 radical (unpaired) electrons. The first-order valence-electron chi connectivity index (χ1n) is 8.03. The van der Waals surface area contributed by atoms with Crippen molar-refractivity contribution >= 4 is 11.8 Å².